The number of aromatic nitrogens is 2. The third-order valence-electron chi connectivity index (χ3n) is 1.53. The lowest BCUT2D eigenvalue weighted by Crippen LogP contribution is -2.22. The van der Waals surface area contributed by atoms with Gasteiger partial charge in [0.05, 0.1) is 6.54 Å². The van der Waals surface area contributed by atoms with Crippen LogP contribution in [0.5, 0.6) is 5.88 Å². The molecule has 0 aliphatic rings. The summed E-state index contributed by atoms with van der Waals surface area (Å²) in [4.78, 5) is 21.7. The van der Waals surface area contributed by atoms with Crippen LogP contribution in [-0.4, -0.2) is 20.7 Å². The molecule has 13 heavy (non-hydrogen) atoms. The monoisotopic (exact) mass is 182 g/mol. The molecule has 5 nitrogen and oxygen atoms in total. The van der Waals surface area contributed by atoms with Gasteiger partial charge in [-0.25, -0.2) is 4.68 Å². The van der Waals surface area contributed by atoms with Crippen LogP contribution in [0, 0.1) is 0 Å². The molecule has 0 aromatic carbocycles. The Hall–Kier alpha value is -1.65. The minimum atomic E-state index is -0.320. The molecule has 1 rings (SSSR count). The number of carbonyl (C=O) groups is 1. The van der Waals surface area contributed by atoms with Crippen LogP contribution >= 0.6 is 0 Å². The largest absolute Gasteiger partial charge is 0.492 e. The fourth-order valence-corrected chi connectivity index (χ4v) is 0.862. The van der Waals surface area contributed by atoms with E-state index in [4.69, 9.17) is 5.11 Å². The maximum Gasteiger partial charge on any atom is 0.266 e. The molecule has 0 atom stereocenters. The van der Waals surface area contributed by atoms with Crippen LogP contribution in [0.15, 0.2) is 16.9 Å². The number of nitrogens with zero attached hydrogens (tertiary/aromatic N) is 2. The van der Waals surface area contributed by atoms with Crippen molar-refractivity contribution in [1.82, 2.24) is 9.78 Å². The molecule has 0 radical (unpaired) electrons. The van der Waals surface area contributed by atoms with Crippen molar-refractivity contribution in [1.29, 1.82) is 0 Å². The van der Waals surface area contributed by atoms with E-state index in [-0.39, 0.29) is 30.2 Å². The summed E-state index contributed by atoms with van der Waals surface area (Å²) in [6.07, 6.45) is 0.246. The van der Waals surface area contributed by atoms with E-state index in [0.29, 0.717) is 0 Å². The summed E-state index contributed by atoms with van der Waals surface area (Å²) >= 11 is 0. The van der Waals surface area contributed by atoms with Gasteiger partial charge in [-0.15, -0.1) is 5.10 Å². The minimum Gasteiger partial charge on any atom is -0.492 e. The van der Waals surface area contributed by atoms with E-state index in [1.165, 1.54) is 19.1 Å². The number of Topliss-reactive ketones (excluding diaryl/α,β-unsaturated/α-hetero) is 1. The first-order valence-electron chi connectivity index (χ1n) is 3.86. The smallest absolute Gasteiger partial charge is 0.266 e. The topological polar surface area (TPSA) is 72.2 Å². The summed E-state index contributed by atoms with van der Waals surface area (Å²) in [5.74, 6) is -0.236. The van der Waals surface area contributed by atoms with Crippen molar-refractivity contribution < 1.29 is 9.90 Å². The maximum atomic E-state index is 11.1. The summed E-state index contributed by atoms with van der Waals surface area (Å²) in [6, 6.07) is 2.43. The van der Waals surface area contributed by atoms with Crippen molar-refractivity contribution in [3.63, 3.8) is 0 Å². The molecule has 0 fully saturated rings. The molecule has 0 unspecified atom stereocenters. The lowest BCUT2D eigenvalue weighted by Gasteiger charge is -2.01. The zero-order chi connectivity index (χ0) is 9.84. The van der Waals surface area contributed by atoms with E-state index >= 15 is 0 Å². The standard InChI is InChI=1S/C8H10N2O3/c1-6(11)4-5-10-8(13)3-2-7(12)9-10/h2-3H,4-5H2,1H3,(H,9,12). The highest BCUT2D eigenvalue weighted by molar-refractivity contribution is 5.75. The number of aryl methyl sites for hydroxylation is 1. The van der Waals surface area contributed by atoms with E-state index in [0.717, 1.165) is 4.68 Å². The second-order valence-electron chi connectivity index (χ2n) is 2.70. The van der Waals surface area contributed by atoms with Gasteiger partial charge in [-0.1, -0.05) is 0 Å². The van der Waals surface area contributed by atoms with E-state index in [1.54, 1.807) is 0 Å². The summed E-state index contributed by atoms with van der Waals surface area (Å²) in [5.41, 5.74) is -0.320. The van der Waals surface area contributed by atoms with Crippen LogP contribution < -0.4 is 5.56 Å². The van der Waals surface area contributed by atoms with Gasteiger partial charge in [-0.05, 0) is 6.92 Å². The highest BCUT2D eigenvalue weighted by atomic mass is 16.3. The van der Waals surface area contributed by atoms with Gasteiger partial charge >= 0.3 is 0 Å². The Balaban J connectivity index is 2.82. The van der Waals surface area contributed by atoms with Crippen molar-refractivity contribution in [3.05, 3.63) is 22.5 Å². The van der Waals surface area contributed by atoms with Crippen molar-refractivity contribution in [2.75, 3.05) is 0 Å². The molecule has 1 heterocycles. The highest BCUT2D eigenvalue weighted by Crippen LogP contribution is 1.96. The summed E-state index contributed by atoms with van der Waals surface area (Å²) < 4.78 is 1.07. The van der Waals surface area contributed by atoms with Crippen LogP contribution in [0.1, 0.15) is 13.3 Å². The summed E-state index contributed by atoms with van der Waals surface area (Å²) in [6.45, 7) is 1.65. The number of aromatic hydroxyl groups is 1. The molecule has 0 aliphatic heterocycles. The van der Waals surface area contributed by atoms with E-state index < -0.39 is 0 Å². The van der Waals surface area contributed by atoms with Crippen LogP contribution in [0.2, 0.25) is 0 Å². The molecule has 1 aromatic heterocycles. The Bertz CT molecular complexity index is 370. The van der Waals surface area contributed by atoms with Gasteiger partial charge in [0, 0.05) is 18.6 Å². The van der Waals surface area contributed by atoms with Crippen LogP contribution in [0.3, 0.4) is 0 Å². The molecule has 0 aliphatic carbocycles. The first-order valence-corrected chi connectivity index (χ1v) is 3.86. The van der Waals surface area contributed by atoms with Gasteiger partial charge < -0.3 is 5.11 Å². The van der Waals surface area contributed by atoms with Crippen LogP contribution in [0.25, 0.3) is 0 Å². The van der Waals surface area contributed by atoms with Gasteiger partial charge in [-0.3, -0.25) is 9.59 Å². The molecule has 1 aromatic rings. The van der Waals surface area contributed by atoms with Crippen molar-refractivity contribution >= 4 is 5.78 Å². The summed E-state index contributed by atoms with van der Waals surface area (Å²) in [5, 5.41) is 12.5. The van der Waals surface area contributed by atoms with Gasteiger partial charge in [0.2, 0.25) is 5.88 Å². The van der Waals surface area contributed by atoms with Crippen LogP contribution in [-0.2, 0) is 11.3 Å². The molecular formula is C8H10N2O3. The highest BCUT2D eigenvalue weighted by Gasteiger charge is 2.00. The zero-order valence-corrected chi connectivity index (χ0v) is 7.23. The van der Waals surface area contributed by atoms with Gasteiger partial charge in [0.1, 0.15) is 5.78 Å². The Labute approximate surface area is 74.6 Å². The Morgan fingerprint density at radius 2 is 2.31 bits per heavy atom. The number of hydrogen-bond donors (Lipinski definition) is 1. The number of hydrogen-bond acceptors (Lipinski definition) is 4. The fraction of sp³-hybridized carbons (Fsp3) is 0.375. The van der Waals surface area contributed by atoms with Gasteiger partial charge in [0.15, 0.2) is 0 Å². The fourth-order valence-electron chi connectivity index (χ4n) is 0.862. The third kappa shape index (κ3) is 2.70. The molecule has 0 amide bonds. The first kappa shape index (κ1) is 9.44. The number of rotatable bonds is 3. The predicted octanol–water partition coefficient (Wildman–Crippen LogP) is -0.0720. The molecule has 0 bridgehead atoms. The van der Waals surface area contributed by atoms with Crippen molar-refractivity contribution in [2.45, 2.75) is 19.9 Å². The lowest BCUT2D eigenvalue weighted by atomic mass is 10.3. The average molecular weight is 182 g/mol. The molecule has 5 heteroatoms. The number of carbonyl (C=O) groups excluding carboxylic acids is 1. The number of ketones is 1. The lowest BCUT2D eigenvalue weighted by molar-refractivity contribution is -0.117. The third-order valence-corrected chi connectivity index (χ3v) is 1.53. The van der Waals surface area contributed by atoms with E-state index in [1.807, 2.05) is 0 Å². The second kappa shape index (κ2) is 3.84. The second-order valence-corrected chi connectivity index (χ2v) is 2.70. The Morgan fingerprint density at radius 1 is 1.62 bits per heavy atom. The van der Waals surface area contributed by atoms with Crippen molar-refractivity contribution in [2.24, 2.45) is 0 Å². The normalized spacial score (nSPS) is 9.92. The molecule has 70 valence electrons. The Morgan fingerprint density at radius 3 is 2.92 bits per heavy atom. The molecule has 0 saturated carbocycles. The quantitative estimate of drug-likeness (QED) is 0.710. The SMILES string of the molecule is CC(=O)CCn1nc(O)ccc1=O. The molecule has 0 spiro atoms. The zero-order valence-electron chi connectivity index (χ0n) is 7.23. The van der Waals surface area contributed by atoms with E-state index in [2.05, 4.69) is 5.10 Å². The van der Waals surface area contributed by atoms with E-state index in [9.17, 15) is 9.59 Å². The molecule has 1 N–H and O–H groups in total. The maximum absolute atomic E-state index is 11.1. The van der Waals surface area contributed by atoms with Crippen LogP contribution in [0.4, 0.5) is 0 Å². The molecule has 0 saturated heterocycles. The van der Waals surface area contributed by atoms with Crippen molar-refractivity contribution in [3.8, 4) is 5.88 Å². The van der Waals surface area contributed by atoms with Gasteiger partial charge in [-0.2, -0.15) is 0 Å². The Kier molecular flexibility index (Phi) is 2.79. The average Bonchev–Trinajstić information content (AvgIpc) is 2.06. The predicted molar refractivity (Wildman–Crippen MR) is 45.5 cm³/mol. The first-order chi connectivity index (χ1) is 6.09. The summed E-state index contributed by atoms with van der Waals surface area (Å²) in [7, 11) is 0. The minimum absolute atomic E-state index is 0.0166. The van der Waals surface area contributed by atoms with Gasteiger partial charge in [0.25, 0.3) is 5.56 Å². The molecular weight excluding hydrogens is 172 g/mol.